The van der Waals surface area contributed by atoms with Crippen LogP contribution in [0.15, 0.2) is 30.3 Å². The molecular weight excluding hydrogens is 377 g/mol. The molecule has 0 heterocycles. The van der Waals surface area contributed by atoms with E-state index in [0.29, 0.717) is 17.0 Å². The van der Waals surface area contributed by atoms with E-state index in [9.17, 15) is 23.1 Å². The third-order valence-electron chi connectivity index (χ3n) is 6.10. The second-order valence-corrected chi connectivity index (χ2v) is 8.04. The quantitative estimate of drug-likeness (QED) is 0.388. The number of benzene rings is 2. The van der Waals surface area contributed by atoms with Crippen LogP contribution in [0.1, 0.15) is 80.1 Å². The van der Waals surface area contributed by atoms with Crippen LogP contribution in [0.4, 0.5) is 13.2 Å². The van der Waals surface area contributed by atoms with Gasteiger partial charge in [0.15, 0.2) is 17.5 Å². The SMILES string of the molecule is CCCCCC1CCC(c2c(C(=O)O)cccc2-c2cc(F)c(F)c(F)c2)CC1. The Balaban J connectivity index is 1.93. The van der Waals surface area contributed by atoms with Gasteiger partial charge in [-0.25, -0.2) is 18.0 Å². The zero-order chi connectivity index (χ0) is 21.0. The first-order valence-electron chi connectivity index (χ1n) is 10.4. The number of halogens is 3. The Morgan fingerprint density at radius 3 is 2.28 bits per heavy atom. The van der Waals surface area contributed by atoms with Crippen molar-refractivity contribution in [3.63, 3.8) is 0 Å². The van der Waals surface area contributed by atoms with E-state index in [1.165, 1.54) is 31.7 Å². The van der Waals surface area contributed by atoms with Gasteiger partial charge in [0.2, 0.25) is 0 Å². The van der Waals surface area contributed by atoms with Crippen LogP contribution in [0.2, 0.25) is 0 Å². The lowest BCUT2D eigenvalue weighted by atomic mass is 9.74. The Kier molecular flexibility index (Phi) is 6.99. The fourth-order valence-electron chi connectivity index (χ4n) is 4.58. The zero-order valence-corrected chi connectivity index (χ0v) is 16.7. The topological polar surface area (TPSA) is 37.3 Å². The first kappa shape index (κ1) is 21.4. The van der Waals surface area contributed by atoms with E-state index in [1.807, 2.05) is 0 Å². The van der Waals surface area contributed by atoms with Gasteiger partial charge in [-0.1, -0.05) is 44.7 Å². The van der Waals surface area contributed by atoms with Crippen LogP contribution in [0.3, 0.4) is 0 Å². The van der Waals surface area contributed by atoms with Crippen LogP contribution in [-0.2, 0) is 0 Å². The highest BCUT2D eigenvalue weighted by Gasteiger charge is 2.28. The highest BCUT2D eigenvalue weighted by atomic mass is 19.2. The third kappa shape index (κ3) is 4.82. The van der Waals surface area contributed by atoms with E-state index in [-0.39, 0.29) is 17.0 Å². The summed E-state index contributed by atoms with van der Waals surface area (Å²) in [6.45, 7) is 2.18. The summed E-state index contributed by atoms with van der Waals surface area (Å²) in [4.78, 5) is 11.9. The number of unbranched alkanes of at least 4 members (excludes halogenated alkanes) is 2. The summed E-state index contributed by atoms with van der Waals surface area (Å²) in [6, 6.07) is 6.66. The van der Waals surface area contributed by atoms with E-state index < -0.39 is 23.4 Å². The van der Waals surface area contributed by atoms with E-state index >= 15 is 0 Å². The summed E-state index contributed by atoms with van der Waals surface area (Å²) in [7, 11) is 0. The smallest absolute Gasteiger partial charge is 0.335 e. The molecule has 0 unspecified atom stereocenters. The fraction of sp³-hybridized carbons (Fsp3) is 0.458. The highest BCUT2D eigenvalue weighted by Crippen LogP contribution is 2.43. The van der Waals surface area contributed by atoms with Gasteiger partial charge in [0, 0.05) is 0 Å². The number of aromatic carboxylic acids is 1. The predicted octanol–water partition coefficient (Wildman–Crippen LogP) is 7.32. The van der Waals surface area contributed by atoms with Gasteiger partial charge in [0.1, 0.15) is 0 Å². The lowest BCUT2D eigenvalue weighted by Crippen LogP contribution is -2.17. The first-order valence-corrected chi connectivity index (χ1v) is 10.4. The minimum atomic E-state index is -1.52. The number of carboxylic acid groups (broad SMARTS) is 1. The van der Waals surface area contributed by atoms with Crippen molar-refractivity contribution in [2.45, 2.75) is 64.2 Å². The molecule has 0 spiro atoms. The lowest BCUT2D eigenvalue weighted by Gasteiger charge is -2.31. The lowest BCUT2D eigenvalue weighted by molar-refractivity contribution is 0.0694. The van der Waals surface area contributed by atoms with Crippen LogP contribution in [0, 0.1) is 23.4 Å². The normalized spacial score (nSPS) is 19.3. The van der Waals surface area contributed by atoms with Crippen molar-refractivity contribution < 1.29 is 23.1 Å². The molecule has 2 nitrogen and oxygen atoms in total. The van der Waals surface area contributed by atoms with Crippen LogP contribution in [0.5, 0.6) is 0 Å². The van der Waals surface area contributed by atoms with Crippen molar-refractivity contribution in [2.75, 3.05) is 0 Å². The maximum absolute atomic E-state index is 13.8. The molecule has 0 aliphatic heterocycles. The number of hydrogen-bond acceptors (Lipinski definition) is 1. The molecular formula is C24H27F3O2. The van der Waals surface area contributed by atoms with Crippen LogP contribution < -0.4 is 0 Å². The minimum absolute atomic E-state index is 0.0101. The Morgan fingerprint density at radius 2 is 1.69 bits per heavy atom. The van der Waals surface area contributed by atoms with Gasteiger partial charge < -0.3 is 5.11 Å². The van der Waals surface area contributed by atoms with Gasteiger partial charge in [-0.15, -0.1) is 0 Å². The Bertz CT molecular complexity index is 847. The standard InChI is InChI=1S/C24H27F3O2/c1-2-3-4-6-15-9-11-16(12-10-15)22-18(7-5-8-19(22)24(28)29)17-13-20(25)23(27)21(26)14-17/h5,7-8,13-16H,2-4,6,9-12H2,1H3,(H,28,29). The van der Waals surface area contributed by atoms with E-state index in [4.69, 9.17) is 0 Å². The van der Waals surface area contributed by atoms with Crippen molar-refractivity contribution in [3.05, 3.63) is 58.9 Å². The van der Waals surface area contributed by atoms with Gasteiger partial charge in [-0.3, -0.25) is 0 Å². The maximum Gasteiger partial charge on any atom is 0.335 e. The monoisotopic (exact) mass is 404 g/mol. The van der Waals surface area contributed by atoms with Crippen LogP contribution in [-0.4, -0.2) is 11.1 Å². The van der Waals surface area contributed by atoms with Crippen LogP contribution >= 0.6 is 0 Å². The van der Waals surface area contributed by atoms with Crippen molar-refractivity contribution >= 4 is 5.97 Å². The number of hydrogen-bond donors (Lipinski definition) is 1. The first-order chi connectivity index (χ1) is 13.9. The molecule has 0 bridgehead atoms. The summed E-state index contributed by atoms with van der Waals surface area (Å²) < 4.78 is 41.1. The average Bonchev–Trinajstić information content (AvgIpc) is 2.72. The molecule has 2 aromatic carbocycles. The molecule has 0 saturated heterocycles. The Morgan fingerprint density at radius 1 is 1.03 bits per heavy atom. The Labute approximate surface area is 169 Å². The van der Waals surface area contributed by atoms with E-state index in [1.54, 1.807) is 12.1 Å². The van der Waals surface area contributed by atoms with Gasteiger partial charge in [0.25, 0.3) is 0 Å². The molecule has 1 saturated carbocycles. The van der Waals surface area contributed by atoms with E-state index in [2.05, 4.69) is 6.92 Å². The van der Waals surface area contributed by atoms with Crippen molar-refractivity contribution in [1.29, 1.82) is 0 Å². The summed E-state index contributed by atoms with van der Waals surface area (Å²) in [6.07, 6.45) is 8.57. The highest BCUT2D eigenvalue weighted by molar-refractivity contribution is 5.92. The molecule has 1 N–H and O–H groups in total. The molecule has 156 valence electrons. The molecule has 0 atom stereocenters. The molecule has 0 amide bonds. The maximum atomic E-state index is 13.8. The average molecular weight is 404 g/mol. The predicted molar refractivity (Wildman–Crippen MR) is 108 cm³/mol. The fourth-order valence-corrected chi connectivity index (χ4v) is 4.58. The largest absolute Gasteiger partial charge is 0.478 e. The summed E-state index contributed by atoms with van der Waals surface area (Å²) in [5.41, 5.74) is 1.40. The molecule has 3 rings (SSSR count). The van der Waals surface area contributed by atoms with Crippen molar-refractivity contribution in [3.8, 4) is 11.1 Å². The van der Waals surface area contributed by atoms with Gasteiger partial charge in [-0.05, 0) is 72.4 Å². The summed E-state index contributed by atoms with van der Waals surface area (Å²) >= 11 is 0. The van der Waals surface area contributed by atoms with E-state index in [0.717, 1.165) is 37.8 Å². The molecule has 2 aromatic rings. The molecule has 1 aliphatic carbocycles. The van der Waals surface area contributed by atoms with Gasteiger partial charge in [-0.2, -0.15) is 0 Å². The molecule has 5 heteroatoms. The molecule has 1 aliphatic rings. The number of carboxylic acids is 1. The zero-order valence-electron chi connectivity index (χ0n) is 16.7. The van der Waals surface area contributed by atoms with Crippen molar-refractivity contribution in [1.82, 2.24) is 0 Å². The Hall–Kier alpha value is -2.30. The minimum Gasteiger partial charge on any atom is -0.478 e. The van der Waals surface area contributed by atoms with Gasteiger partial charge >= 0.3 is 5.97 Å². The second kappa shape index (κ2) is 9.47. The van der Waals surface area contributed by atoms with Crippen molar-refractivity contribution in [2.24, 2.45) is 5.92 Å². The second-order valence-electron chi connectivity index (χ2n) is 8.04. The molecule has 0 aromatic heterocycles. The third-order valence-corrected chi connectivity index (χ3v) is 6.10. The number of rotatable bonds is 7. The van der Waals surface area contributed by atoms with Crippen LogP contribution in [0.25, 0.3) is 11.1 Å². The summed E-state index contributed by atoms with van der Waals surface area (Å²) in [5.74, 6) is -4.46. The molecule has 1 fully saturated rings. The molecule has 29 heavy (non-hydrogen) atoms. The summed E-state index contributed by atoms with van der Waals surface area (Å²) in [5, 5.41) is 9.71. The van der Waals surface area contributed by atoms with Gasteiger partial charge in [0.05, 0.1) is 5.56 Å². The molecule has 0 radical (unpaired) electrons. The number of carbonyl (C=O) groups is 1.